The number of halogens is 2. The molecule has 0 saturated heterocycles. The fourth-order valence-corrected chi connectivity index (χ4v) is 2.05. The van der Waals surface area contributed by atoms with Gasteiger partial charge in [-0.3, -0.25) is 4.79 Å². The number of rotatable bonds is 4. The highest BCUT2D eigenvalue weighted by molar-refractivity contribution is 5.86. The molecule has 1 N–H and O–H groups in total. The van der Waals surface area contributed by atoms with Crippen LogP contribution >= 0.6 is 0 Å². The number of para-hydroxylation sites is 1. The van der Waals surface area contributed by atoms with Crippen LogP contribution in [-0.4, -0.2) is 18.2 Å². The molecule has 0 bridgehead atoms. The van der Waals surface area contributed by atoms with Crippen molar-refractivity contribution in [3.8, 4) is 5.75 Å². The number of carboxylic acid groups (broad SMARTS) is 1. The molecule has 0 amide bonds. The molecule has 92 valence electrons. The van der Waals surface area contributed by atoms with Crippen LogP contribution in [0.4, 0.5) is 8.78 Å². The number of carboxylic acids is 1. The number of hydrogen-bond acceptors (Lipinski definition) is 2. The molecule has 0 heterocycles. The van der Waals surface area contributed by atoms with Gasteiger partial charge in [0, 0.05) is 5.56 Å². The van der Waals surface area contributed by atoms with Crippen molar-refractivity contribution in [3.63, 3.8) is 0 Å². The molecule has 1 fully saturated rings. The van der Waals surface area contributed by atoms with Crippen molar-refractivity contribution in [2.24, 2.45) is 0 Å². The second kappa shape index (κ2) is 3.98. The zero-order valence-electron chi connectivity index (χ0n) is 9.24. The second-order valence-electron chi connectivity index (χ2n) is 4.12. The summed E-state index contributed by atoms with van der Waals surface area (Å²) in [4.78, 5) is 11.2. The molecular weight excluding hydrogens is 230 g/mol. The zero-order chi connectivity index (χ0) is 12.6. The molecule has 1 aliphatic rings. The molecule has 3 nitrogen and oxygen atoms in total. The minimum atomic E-state index is -2.67. The maximum absolute atomic E-state index is 12.8. The molecule has 5 heteroatoms. The van der Waals surface area contributed by atoms with Gasteiger partial charge >= 0.3 is 5.97 Å². The Bertz CT molecular complexity index is 453. The highest BCUT2D eigenvalue weighted by atomic mass is 19.3. The summed E-state index contributed by atoms with van der Waals surface area (Å²) in [5.41, 5.74) is -0.932. The van der Waals surface area contributed by atoms with Crippen LogP contribution in [0.3, 0.4) is 0 Å². The Morgan fingerprint density at radius 3 is 2.53 bits per heavy atom. The van der Waals surface area contributed by atoms with Crippen LogP contribution in [0, 0.1) is 0 Å². The van der Waals surface area contributed by atoms with Gasteiger partial charge in [-0.05, 0) is 18.9 Å². The van der Waals surface area contributed by atoms with Gasteiger partial charge < -0.3 is 9.84 Å². The first-order valence-electron chi connectivity index (χ1n) is 5.22. The summed E-state index contributed by atoms with van der Waals surface area (Å²) < 4.78 is 30.5. The van der Waals surface area contributed by atoms with Crippen molar-refractivity contribution in [1.29, 1.82) is 0 Å². The Labute approximate surface area is 97.0 Å². The topological polar surface area (TPSA) is 46.5 Å². The maximum Gasteiger partial charge on any atom is 0.314 e. The monoisotopic (exact) mass is 242 g/mol. The normalized spacial score (nSPS) is 16.9. The predicted molar refractivity (Wildman–Crippen MR) is 56.5 cm³/mol. The molecule has 0 spiro atoms. The fraction of sp³-hybridized carbons (Fsp3) is 0.417. The summed E-state index contributed by atoms with van der Waals surface area (Å²) in [5.74, 6) is -0.982. The van der Waals surface area contributed by atoms with Crippen molar-refractivity contribution >= 4 is 5.97 Å². The van der Waals surface area contributed by atoms with Gasteiger partial charge in [0.25, 0.3) is 6.43 Å². The molecular formula is C12H12F2O3. The van der Waals surface area contributed by atoms with Crippen molar-refractivity contribution in [3.05, 3.63) is 29.3 Å². The molecule has 1 aromatic rings. The third-order valence-electron chi connectivity index (χ3n) is 3.16. The number of ether oxygens (including phenoxy) is 1. The van der Waals surface area contributed by atoms with E-state index in [-0.39, 0.29) is 11.3 Å². The molecule has 0 aliphatic heterocycles. The predicted octanol–water partition coefficient (Wildman–Crippen LogP) is 2.75. The first-order valence-corrected chi connectivity index (χ1v) is 5.22. The number of alkyl halides is 2. The van der Waals surface area contributed by atoms with Crippen LogP contribution in [0.2, 0.25) is 0 Å². The number of methoxy groups -OCH3 is 1. The van der Waals surface area contributed by atoms with Gasteiger partial charge in [-0.15, -0.1) is 0 Å². The van der Waals surface area contributed by atoms with Crippen molar-refractivity contribution in [1.82, 2.24) is 0 Å². The Balaban J connectivity index is 2.55. The standard InChI is InChI=1S/C12H12F2O3/c1-17-9-7(10(13)14)3-2-4-8(9)12(5-6-12)11(15)16/h2-4,10H,5-6H2,1H3,(H,15,16). The summed E-state index contributed by atoms with van der Waals surface area (Å²) in [5, 5.41) is 9.16. The first-order chi connectivity index (χ1) is 8.03. The van der Waals surface area contributed by atoms with Gasteiger partial charge in [-0.2, -0.15) is 0 Å². The van der Waals surface area contributed by atoms with Crippen LogP contribution < -0.4 is 4.74 Å². The van der Waals surface area contributed by atoms with E-state index in [2.05, 4.69) is 0 Å². The van der Waals surface area contributed by atoms with E-state index in [1.165, 1.54) is 19.2 Å². The lowest BCUT2D eigenvalue weighted by Gasteiger charge is -2.17. The molecule has 0 radical (unpaired) electrons. The third-order valence-corrected chi connectivity index (χ3v) is 3.16. The van der Waals surface area contributed by atoms with E-state index < -0.39 is 17.8 Å². The lowest BCUT2D eigenvalue weighted by molar-refractivity contribution is -0.140. The number of benzene rings is 1. The second-order valence-corrected chi connectivity index (χ2v) is 4.12. The Kier molecular flexibility index (Phi) is 2.77. The number of aliphatic carboxylic acids is 1. The summed E-state index contributed by atoms with van der Waals surface area (Å²) in [6.45, 7) is 0. The van der Waals surface area contributed by atoms with E-state index in [0.717, 1.165) is 0 Å². The number of carbonyl (C=O) groups is 1. The SMILES string of the molecule is COc1c(C(F)F)cccc1C1(C(=O)O)CC1. The summed E-state index contributed by atoms with van der Waals surface area (Å²) >= 11 is 0. The van der Waals surface area contributed by atoms with Crippen LogP contribution in [-0.2, 0) is 10.2 Å². The lowest BCUT2D eigenvalue weighted by atomic mass is 9.93. The summed E-state index contributed by atoms with van der Waals surface area (Å²) in [7, 11) is 1.28. The molecule has 17 heavy (non-hydrogen) atoms. The van der Waals surface area contributed by atoms with Crippen molar-refractivity contribution in [2.75, 3.05) is 7.11 Å². The van der Waals surface area contributed by atoms with Gasteiger partial charge in [0.1, 0.15) is 5.75 Å². The Hall–Kier alpha value is -1.65. The van der Waals surface area contributed by atoms with E-state index >= 15 is 0 Å². The largest absolute Gasteiger partial charge is 0.496 e. The van der Waals surface area contributed by atoms with Crippen LogP contribution in [0.15, 0.2) is 18.2 Å². The highest BCUT2D eigenvalue weighted by Gasteiger charge is 2.53. The molecule has 2 rings (SSSR count). The van der Waals surface area contributed by atoms with Gasteiger partial charge in [0.15, 0.2) is 0 Å². The molecule has 0 aromatic heterocycles. The Morgan fingerprint density at radius 1 is 1.47 bits per heavy atom. The Morgan fingerprint density at radius 2 is 2.12 bits per heavy atom. The number of hydrogen-bond donors (Lipinski definition) is 1. The van der Waals surface area contributed by atoms with E-state index in [0.29, 0.717) is 18.4 Å². The van der Waals surface area contributed by atoms with E-state index in [1.807, 2.05) is 0 Å². The van der Waals surface area contributed by atoms with E-state index in [1.54, 1.807) is 6.07 Å². The van der Waals surface area contributed by atoms with Crippen molar-refractivity contribution < 1.29 is 23.4 Å². The quantitative estimate of drug-likeness (QED) is 0.883. The van der Waals surface area contributed by atoms with Crippen LogP contribution in [0.25, 0.3) is 0 Å². The fourth-order valence-electron chi connectivity index (χ4n) is 2.05. The van der Waals surface area contributed by atoms with Crippen molar-refractivity contribution in [2.45, 2.75) is 24.7 Å². The van der Waals surface area contributed by atoms with E-state index in [4.69, 9.17) is 9.84 Å². The zero-order valence-corrected chi connectivity index (χ0v) is 9.24. The van der Waals surface area contributed by atoms with Gasteiger partial charge in [0.2, 0.25) is 0 Å². The average Bonchev–Trinajstić information content (AvgIpc) is 3.08. The molecule has 1 saturated carbocycles. The minimum absolute atomic E-state index is 0.00222. The first kappa shape index (κ1) is 11.8. The van der Waals surface area contributed by atoms with Gasteiger partial charge in [0.05, 0.1) is 18.1 Å². The molecule has 1 aromatic carbocycles. The third kappa shape index (κ3) is 1.75. The van der Waals surface area contributed by atoms with Crippen LogP contribution in [0.1, 0.15) is 30.4 Å². The van der Waals surface area contributed by atoms with Crippen LogP contribution in [0.5, 0.6) is 5.75 Å². The summed E-state index contributed by atoms with van der Waals surface area (Å²) in [6.07, 6.45) is -1.74. The smallest absolute Gasteiger partial charge is 0.314 e. The maximum atomic E-state index is 12.8. The lowest BCUT2D eigenvalue weighted by Crippen LogP contribution is -2.20. The van der Waals surface area contributed by atoms with Gasteiger partial charge in [-0.1, -0.05) is 12.1 Å². The molecule has 0 unspecified atom stereocenters. The van der Waals surface area contributed by atoms with Gasteiger partial charge in [-0.25, -0.2) is 8.78 Å². The van der Waals surface area contributed by atoms with E-state index in [9.17, 15) is 13.6 Å². The molecule has 0 atom stereocenters. The summed E-state index contributed by atoms with van der Waals surface area (Å²) in [6, 6.07) is 4.25. The average molecular weight is 242 g/mol. The highest BCUT2D eigenvalue weighted by Crippen LogP contribution is 2.52. The minimum Gasteiger partial charge on any atom is -0.496 e. The molecule has 1 aliphatic carbocycles.